The van der Waals surface area contributed by atoms with E-state index in [0.29, 0.717) is 15.0 Å². The first-order valence-corrected chi connectivity index (χ1v) is 4.14. The van der Waals surface area contributed by atoms with Crippen LogP contribution in [0.2, 0.25) is 0 Å². The number of thiazole rings is 1. The van der Waals surface area contributed by atoms with Crippen LogP contribution in [0, 0.1) is 3.70 Å². The predicted octanol–water partition coefficient (Wildman–Crippen LogP) is 2.77. The van der Waals surface area contributed by atoms with Gasteiger partial charge in [-0.05, 0) is 22.6 Å². The summed E-state index contributed by atoms with van der Waals surface area (Å²) in [4.78, 5) is 3.26. The van der Waals surface area contributed by atoms with Crippen LogP contribution in [0.4, 0.5) is 13.2 Å². The summed E-state index contributed by atoms with van der Waals surface area (Å²) in [5, 5.41) is 0.584. The Balaban J connectivity index is 2.96. The van der Waals surface area contributed by atoms with E-state index in [0.717, 1.165) is 0 Å². The summed E-state index contributed by atoms with van der Waals surface area (Å²) < 4.78 is 35.6. The average molecular weight is 279 g/mol. The van der Waals surface area contributed by atoms with E-state index in [1.165, 1.54) is 5.38 Å². The molecule has 0 aliphatic carbocycles. The minimum Gasteiger partial charge on any atom is -0.226 e. The fraction of sp³-hybridized carbons (Fsp3) is 0.250. The highest BCUT2D eigenvalue weighted by molar-refractivity contribution is 14.1. The van der Waals surface area contributed by atoms with E-state index in [9.17, 15) is 13.2 Å². The molecule has 1 rings (SSSR count). The van der Waals surface area contributed by atoms with Gasteiger partial charge in [0.2, 0.25) is 0 Å². The lowest BCUT2D eigenvalue weighted by Crippen LogP contribution is -2.03. The molecular weight excluding hydrogens is 278 g/mol. The molecule has 0 spiro atoms. The Bertz CT molecular complexity index is 231. The Hall–Kier alpha value is 0.150. The molecule has 1 aromatic heterocycles. The highest BCUT2D eigenvalue weighted by Crippen LogP contribution is 2.31. The highest BCUT2D eigenvalue weighted by atomic mass is 127. The highest BCUT2D eigenvalue weighted by Gasteiger charge is 2.34. The van der Waals surface area contributed by atoms with Crippen molar-refractivity contribution in [3.05, 3.63) is 14.1 Å². The molecule has 0 N–H and O–H groups in total. The molecule has 0 bridgehead atoms. The lowest BCUT2D eigenvalue weighted by molar-refractivity contribution is -0.137. The van der Waals surface area contributed by atoms with Gasteiger partial charge in [-0.3, -0.25) is 0 Å². The number of hydrogen-bond donors (Lipinski definition) is 0. The summed E-state index contributed by atoms with van der Waals surface area (Å²) in [5.74, 6) is 0. The van der Waals surface area contributed by atoms with E-state index in [1.54, 1.807) is 22.6 Å². The van der Waals surface area contributed by atoms with Gasteiger partial charge < -0.3 is 0 Å². The summed E-state index contributed by atoms with van der Waals surface area (Å²) in [5.41, 5.74) is 0. The van der Waals surface area contributed by atoms with Crippen molar-refractivity contribution >= 4 is 33.9 Å². The lowest BCUT2D eigenvalue weighted by Gasteiger charge is -1.98. The Morgan fingerprint density at radius 2 is 2.10 bits per heavy atom. The van der Waals surface area contributed by atoms with E-state index >= 15 is 0 Å². The predicted molar refractivity (Wildman–Crippen MR) is 39.8 cm³/mol. The fourth-order valence-electron chi connectivity index (χ4n) is 0.384. The molecular formula is C4HF3INS. The van der Waals surface area contributed by atoms with E-state index in [1.807, 2.05) is 0 Å². The maximum Gasteiger partial charge on any atom is 0.443 e. The first kappa shape index (κ1) is 8.25. The van der Waals surface area contributed by atoms with Gasteiger partial charge in [-0.25, -0.2) is 4.98 Å². The third-order valence-electron chi connectivity index (χ3n) is 0.719. The molecule has 0 radical (unpaired) electrons. The Kier molecular flexibility index (Phi) is 2.18. The van der Waals surface area contributed by atoms with E-state index in [4.69, 9.17) is 0 Å². The fourth-order valence-corrected chi connectivity index (χ4v) is 1.72. The molecule has 10 heavy (non-hydrogen) atoms. The van der Waals surface area contributed by atoms with Crippen LogP contribution in [0.3, 0.4) is 0 Å². The quantitative estimate of drug-likeness (QED) is 0.665. The molecule has 0 aliphatic rings. The lowest BCUT2D eigenvalue weighted by atomic mass is 10.7. The molecule has 1 heterocycles. The van der Waals surface area contributed by atoms with Crippen molar-refractivity contribution in [2.45, 2.75) is 6.18 Å². The largest absolute Gasteiger partial charge is 0.443 e. The van der Waals surface area contributed by atoms with Crippen molar-refractivity contribution in [1.29, 1.82) is 0 Å². The van der Waals surface area contributed by atoms with Gasteiger partial charge in [0.25, 0.3) is 0 Å². The van der Waals surface area contributed by atoms with Gasteiger partial charge in [0.05, 0.1) is 0 Å². The molecule has 0 unspecified atom stereocenters. The minimum atomic E-state index is -4.28. The van der Waals surface area contributed by atoms with Crippen molar-refractivity contribution in [1.82, 2.24) is 4.98 Å². The van der Waals surface area contributed by atoms with Gasteiger partial charge in [0, 0.05) is 5.38 Å². The van der Waals surface area contributed by atoms with Gasteiger partial charge in [-0.1, -0.05) is 0 Å². The summed E-state index contributed by atoms with van der Waals surface area (Å²) >= 11 is 2.35. The Morgan fingerprint density at radius 3 is 2.30 bits per heavy atom. The van der Waals surface area contributed by atoms with Gasteiger partial charge in [-0.2, -0.15) is 13.2 Å². The number of alkyl halides is 3. The van der Waals surface area contributed by atoms with E-state index in [-0.39, 0.29) is 0 Å². The molecule has 0 fully saturated rings. The van der Waals surface area contributed by atoms with Crippen LogP contribution in [-0.4, -0.2) is 4.98 Å². The van der Waals surface area contributed by atoms with Crippen LogP contribution in [0.25, 0.3) is 0 Å². The molecule has 0 aliphatic heterocycles. The number of nitrogens with zero attached hydrogens (tertiary/aromatic N) is 1. The second-order valence-corrected chi connectivity index (χ2v) is 3.44. The van der Waals surface area contributed by atoms with Crippen LogP contribution in [0.1, 0.15) is 5.01 Å². The van der Waals surface area contributed by atoms with Crippen molar-refractivity contribution < 1.29 is 13.2 Å². The standard InChI is InChI=1S/C4HF3INS/c5-4(6,7)3-9-2(8)1-10-3/h1H. The Labute approximate surface area is 72.4 Å². The third kappa shape index (κ3) is 1.82. The number of aromatic nitrogens is 1. The van der Waals surface area contributed by atoms with E-state index in [2.05, 4.69) is 4.98 Å². The van der Waals surface area contributed by atoms with Crippen molar-refractivity contribution in [3.8, 4) is 0 Å². The minimum absolute atomic E-state index is 0.384. The summed E-state index contributed by atoms with van der Waals surface area (Å²) in [6, 6.07) is 0. The second kappa shape index (κ2) is 2.65. The third-order valence-corrected chi connectivity index (χ3v) is 2.58. The van der Waals surface area contributed by atoms with Crippen LogP contribution in [0.15, 0.2) is 5.38 Å². The number of halogens is 4. The van der Waals surface area contributed by atoms with Crippen molar-refractivity contribution in [2.24, 2.45) is 0 Å². The van der Waals surface area contributed by atoms with Gasteiger partial charge in [-0.15, -0.1) is 11.3 Å². The molecule has 56 valence electrons. The molecule has 0 aromatic carbocycles. The molecule has 0 atom stereocenters. The van der Waals surface area contributed by atoms with Crippen LogP contribution in [0.5, 0.6) is 0 Å². The molecule has 0 saturated heterocycles. The SMILES string of the molecule is FC(F)(F)c1nc(I)cs1. The number of hydrogen-bond acceptors (Lipinski definition) is 2. The first-order chi connectivity index (χ1) is 4.50. The Morgan fingerprint density at radius 1 is 1.50 bits per heavy atom. The van der Waals surface area contributed by atoms with Gasteiger partial charge >= 0.3 is 6.18 Å². The van der Waals surface area contributed by atoms with Crippen molar-refractivity contribution in [2.75, 3.05) is 0 Å². The molecule has 0 saturated carbocycles. The summed E-state index contributed by atoms with van der Waals surface area (Å²) in [6.07, 6.45) is -4.28. The normalized spacial score (nSPS) is 12.0. The molecule has 1 aromatic rings. The summed E-state index contributed by atoms with van der Waals surface area (Å²) in [7, 11) is 0. The topological polar surface area (TPSA) is 12.9 Å². The first-order valence-electron chi connectivity index (χ1n) is 2.18. The summed E-state index contributed by atoms with van der Waals surface area (Å²) in [6.45, 7) is 0. The van der Waals surface area contributed by atoms with Gasteiger partial charge in [0.1, 0.15) is 3.70 Å². The van der Waals surface area contributed by atoms with E-state index < -0.39 is 11.2 Å². The average Bonchev–Trinajstić information content (AvgIpc) is 2.11. The van der Waals surface area contributed by atoms with Crippen LogP contribution in [-0.2, 0) is 6.18 Å². The zero-order valence-corrected chi connectivity index (χ0v) is 7.42. The van der Waals surface area contributed by atoms with Gasteiger partial charge in [0.15, 0.2) is 5.01 Å². The van der Waals surface area contributed by atoms with Crippen LogP contribution >= 0.6 is 33.9 Å². The number of rotatable bonds is 0. The molecule has 0 amide bonds. The molecule has 1 nitrogen and oxygen atoms in total. The zero-order valence-electron chi connectivity index (χ0n) is 4.44. The monoisotopic (exact) mass is 279 g/mol. The smallest absolute Gasteiger partial charge is 0.226 e. The van der Waals surface area contributed by atoms with Crippen LogP contribution < -0.4 is 0 Å². The maximum atomic E-state index is 11.7. The zero-order chi connectivity index (χ0) is 7.78. The second-order valence-electron chi connectivity index (χ2n) is 1.47. The van der Waals surface area contributed by atoms with Crippen molar-refractivity contribution in [3.63, 3.8) is 0 Å². The maximum absolute atomic E-state index is 11.7. The molecule has 6 heteroatoms.